The van der Waals surface area contributed by atoms with Gasteiger partial charge in [-0.25, -0.2) is 4.39 Å². The van der Waals surface area contributed by atoms with Crippen LogP contribution >= 0.6 is 0 Å². The number of benzene rings is 3. The van der Waals surface area contributed by atoms with E-state index in [4.69, 9.17) is 5.11 Å². The highest BCUT2D eigenvalue weighted by Crippen LogP contribution is 2.35. The Labute approximate surface area is 176 Å². The molecule has 0 amide bonds. The summed E-state index contributed by atoms with van der Waals surface area (Å²) in [5.41, 5.74) is 6.10. The maximum absolute atomic E-state index is 14.3. The van der Waals surface area contributed by atoms with Crippen LogP contribution in [0.2, 0.25) is 0 Å². The van der Waals surface area contributed by atoms with E-state index in [1.54, 1.807) is 6.07 Å². The predicted molar refractivity (Wildman–Crippen MR) is 118 cm³/mol. The average molecular weight is 404 g/mol. The molecule has 0 aliphatic carbocycles. The molecule has 1 aliphatic rings. The molecule has 1 heterocycles. The van der Waals surface area contributed by atoms with E-state index in [0.717, 1.165) is 19.4 Å². The Bertz CT molecular complexity index is 1040. The van der Waals surface area contributed by atoms with E-state index in [9.17, 15) is 9.18 Å². The van der Waals surface area contributed by atoms with Crippen LogP contribution in [0.4, 0.5) is 21.5 Å². The van der Waals surface area contributed by atoms with Gasteiger partial charge in [0.1, 0.15) is 5.82 Å². The van der Waals surface area contributed by atoms with Crippen molar-refractivity contribution in [2.75, 3.05) is 16.8 Å². The second-order valence-corrected chi connectivity index (χ2v) is 7.56. The normalized spacial score (nSPS) is 13.0. The molecule has 0 saturated carbocycles. The molecule has 4 rings (SSSR count). The molecule has 0 bridgehead atoms. The number of para-hydroxylation sites is 1. The Morgan fingerprint density at radius 3 is 2.63 bits per heavy atom. The largest absolute Gasteiger partial charge is 0.481 e. The van der Waals surface area contributed by atoms with Crippen LogP contribution in [0.25, 0.3) is 0 Å². The summed E-state index contributed by atoms with van der Waals surface area (Å²) in [6, 6.07) is 21.7. The van der Waals surface area contributed by atoms with Crippen LogP contribution in [0.3, 0.4) is 0 Å². The van der Waals surface area contributed by atoms with Crippen LogP contribution in [-0.4, -0.2) is 17.6 Å². The quantitative estimate of drug-likeness (QED) is 0.543. The van der Waals surface area contributed by atoms with Crippen LogP contribution in [-0.2, 0) is 24.2 Å². The zero-order chi connectivity index (χ0) is 20.9. The molecule has 0 spiro atoms. The Morgan fingerprint density at radius 2 is 1.87 bits per heavy atom. The first-order chi connectivity index (χ1) is 14.6. The van der Waals surface area contributed by atoms with E-state index in [1.807, 2.05) is 12.1 Å². The van der Waals surface area contributed by atoms with Gasteiger partial charge in [0.2, 0.25) is 0 Å². The predicted octanol–water partition coefficient (Wildman–Crippen LogP) is 5.54. The number of aryl methyl sites for hydroxylation is 1. The molecule has 30 heavy (non-hydrogen) atoms. The number of carbonyl (C=O) groups is 1. The highest BCUT2D eigenvalue weighted by molar-refractivity contribution is 5.69. The second-order valence-electron chi connectivity index (χ2n) is 7.56. The number of rotatable bonds is 7. The minimum absolute atomic E-state index is 0.0717. The van der Waals surface area contributed by atoms with Gasteiger partial charge in [-0.1, -0.05) is 36.4 Å². The summed E-state index contributed by atoms with van der Waals surface area (Å²) >= 11 is 0. The molecule has 0 saturated heterocycles. The van der Waals surface area contributed by atoms with Crippen molar-refractivity contribution in [2.45, 2.75) is 32.2 Å². The lowest BCUT2D eigenvalue weighted by atomic mass is 9.95. The molecule has 0 aromatic heterocycles. The average Bonchev–Trinajstić information content (AvgIpc) is 2.77. The van der Waals surface area contributed by atoms with Crippen molar-refractivity contribution < 1.29 is 14.3 Å². The van der Waals surface area contributed by atoms with Gasteiger partial charge in [-0.15, -0.1) is 0 Å². The molecule has 0 atom stereocenters. The zero-order valence-electron chi connectivity index (χ0n) is 16.8. The summed E-state index contributed by atoms with van der Waals surface area (Å²) in [5, 5.41) is 12.1. The summed E-state index contributed by atoms with van der Waals surface area (Å²) < 4.78 is 14.3. The summed E-state index contributed by atoms with van der Waals surface area (Å²) in [7, 11) is 0. The highest BCUT2D eigenvalue weighted by Gasteiger charge is 2.20. The van der Waals surface area contributed by atoms with Crippen molar-refractivity contribution in [3.8, 4) is 0 Å². The van der Waals surface area contributed by atoms with E-state index in [0.29, 0.717) is 17.8 Å². The molecular weight excluding hydrogens is 379 g/mol. The highest BCUT2D eigenvalue weighted by atomic mass is 19.1. The third-order valence-electron chi connectivity index (χ3n) is 5.56. The van der Waals surface area contributed by atoms with Crippen molar-refractivity contribution in [1.82, 2.24) is 0 Å². The van der Waals surface area contributed by atoms with Gasteiger partial charge in [-0.2, -0.15) is 0 Å². The molecule has 1 aliphatic heterocycles. The number of halogens is 1. The summed E-state index contributed by atoms with van der Waals surface area (Å²) in [4.78, 5) is 13.1. The summed E-state index contributed by atoms with van der Waals surface area (Å²) in [6.07, 6.45) is 2.24. The van der Waals surface area contributed by atoms with Crippen molar-refractivity contribution >= 4 is 23.0 Å². The molecule has 0 radical (unpaired) electrons. The van der Waals surface area contributed by atoms with Gasteiger partial charge in [-0.05, 0) is 66.3 Å². The fourth-order valence-corrected chi connectivity index (χ4v) is 4.04. The van der Waals surface area contributed by atoms with Gasteiger partial charge >= 0.3 is 5.97 Å². The van der Waals surface area contributed by atoms with Crippen LogP contribution < -0.4 is 10.2 Å². The van der Waals surface area contributed by atoms with Gasteiger partial charge in [0.25, 0.3) is 0 Å². The number of anilines is 3. The lowest BCUT2D eigenvalue weighted by molar-refractivity contribution is -0.136. The minimum atomic E-state index is -0.921. The van der Waals surface area contributed by atoms with Gasteiger partial charge in [0.05, 0.1) is 0 Å². The molecule has 2 N–H and O–H groups in total. The van der Waals surface area contributed by atoms with Crippen molar-refractivity contribution in [1.29, 1.82) is 0 Å². The minimum Gasteiger partial charge on any atom is -0.481 e. The van der Waals surface area contributed by atoms with Gasteiger partial charge in [-0.3, -0.25) is 4.79 Å². The maximum Gasteiger partial charge on any atom is 0.303 e. The van der Waals surface area contributed by atoms with Gasteiger partial charge < -0.3 is 15.3 Å². The molecule has 0 unspecified atom stereocenters. The van der Waals surface area contributed by atoms with Crippen LogP contribution in [0.1, 0.15) is 29.5 Å². The van der Waals surface area contributed by atoms with E-state index in [2.05, 4.69) is 52.7 Å². The molecule has 0 fully saturated rings. The summed E-state index contributed by atoms with van der Waals surface area (Å²) in [5.74, 6) is -1.29. The van der Waals surface area contributed by atoms with Gasteiger partial charge in [0, 0.05) is 36.6 Å². The monoisotopic (exact) mass is 404 g/mol. The SMILES string of the molecule is O=C(O)CCc1ccc(NCc2cccc3c2CCCN3c2ccccc2)cc1F. The molecule has 3 aromatic rings. The molecule has 154 valence electrons. The van der Waals surface area contributed by atoms with Crippen LogP contribution in [0.5, 0.6) is 0 Å². The van der Waals surface area contributed by atoms with E-state index in [-0.39, 0.29) is 18.7 Å². The van der Waals surface area contributed by atoms with Gasteiger partial charge in [0.15, 0.2) is 0 Å². The molecule has 4 nitrogen and oxygen atoms in total. The Kier molecular flexibility index (Phi) is 5.98. The third-order valence-corrected chi connectivity index (χ3v) is 5.56. The van der Waals surface area contributed by atoms with Crippen molar-refractivity contribution in [3.63, 3.8) is 0 Å². The van der Waals surface area contributed by atoms with E-state index in [1.165, 1.54) is 28.6 Å². The fraction of sp³-hybridized carbons (Fsp3) is 0.240. The Balaban J connectivity index is 1.50. The number of carboxylic acids is 1. The van der Waals surface area contributed by atoms with Crippen LogP contribution in [0, 0.1) is 5.82 Å². The maximum atomic E-state index is 14.3. The number of hydrogen-bond donors (Lipinski definition) is 2. The zero-order valence-corrected chi connectivity index (χ0v) is 16.8. The Hall–Kier alpha value is -3.34. The standard InChI is InChI=1S/C25H25FN2O2/c26-23-16-20(13-11-18(23)12-14-25(29)30)27-17-19-6-4-10-24-22(19)9-5-15-28(24)21-7-2-1-3-8-21/h1-4,6-8,10-11,13,16,27H,5,9,12,14-15,17H2,(H,29,30). The summed E-state index contributed by atoms with van der Waals surface area (Å²) in [6.45, 7) is 1.61. The smallest absolute Gasteiger partial charge is 0.303 e. The first kappa shape index (κ1) is 20.0. The second kappa shape index (κ2) is 8.99. The number of aliphatic carboxylic acids is 1. The van der Waals surface area contributed by atoms with E-state index < -0.39 is 5.97 Å². The lowest BCUT2D eigenvalue weighted by Crippen LogP contribution is -2.25. The topological polar surface area (TPSA) is 52.6 Å². The molecule has 5 heteroatoms. The third kappa shape index (κ3) is 4.46. The first-order valence-electron chi connectivity index (χ1n) is 10.3. The van der Waals surface area contributed by atoms with Crippen LogP contribution in [0.15, 0.2) is 66.7 Å². The Morgan fingerprint density at radius 1 is 1.03 bits per heavy atom. The number of hydrogen-bond acceptors (Lipinski definition) is 3. The fourth-order valence-electron chi connectivity index (χ4n) is 4.04. The lowest BCUT2D eigenvalue weighted by Gasteiger charge is -2.32. The molecular formula is C25H25FN2O2. The van der Waals surface area contributed by atoms with E-state index >= 15 is 0 Å². The van der Waals surface area contributed by atoms with Crippen molar-refractivity contribution in [2.24, 2.45) is 0 Å². The number of nitrogens with zero attached hydrogens (tertiary/aromatic N) is 1. The first-order valence-corrected chi connectivity index (χ1v) is 10.3. The number of carboxylic acid groups (broad SMARTS) is 1. The number of fused-ring (bicyclic) bond motifs is 1. The molecule has 3 aromatic carbocycles. The number of nitrogens with one attached hydrogen (secondary N) is 1. The van der Waals surface area contributed by atoms with Crippen molar-refractivity contribution in [3.05, 3.63) is 89.2 Å².